The van der Waals surface area contributed by atoms with E-state index in [1.54, 1.807) is 7.05 Å². The molecule has 1 aliphatic carbocycles. The Labute approximate surface area is 133 Å². The average Bonchev–Trinajstić information content (AvgIpc) is 3.10. The molecule has 1 aliphatic heterocycles. The molecule has 6 nitrogen and oxygen atoms in total. The highest BCUT2D eigenvalue weighted by molar-refractivity contribution is 6.24. The molecular formula is C16H19FN2O4. The Balaban J connectivity index is 2.10. The number of hydrogen-bond donors (Lipinski definition) is 0. The molecule has 1 aromatic rings. The summed E-state index contributed by atoms with van der Waals surface area (Å²) in [5, 5.41) is 0. The number of carbonyl (C=O) groups is 2. The first-order chi connectivity index (χ1) is 11.0. The van der Waals surface area contributed by atoms with Crippen LogP contribution in [0.4, 0.5) is 14.9 Å². The second kappa shape index (κ2) is 5.40. The van der Waals surface area contributed by atoms with Gasteiger partial charge in [-0.05, 0) is 12.8 Å². The van der Waals surface area contributed by atoms with Gasteiger partial charge in [0, 0.05) is 19.2 Å². The highest BCUT2D eigenvalue weighted by Gasteiger charge is 2.57. The molecule has 1 saturated carbocycles. The van der Waals surface area contributed by atoms with Gasteiger partial charge in [-0.3, -0.25) is 4.79 Å². The molecule has 2 fully saturated rings. The van der Waals surface area contributed by atoms with Crippen molar-refractivity contribution in [3.05, 3.63) is 17.9 Å². The van der Waals surface area contributed by atoms with Crippen molar-refractivity contribution < 1.29 is 23.5 Å². The number of imide groups is 1. The van der Waals surface area contributed by atoms with Crippen LogP contribution in [0.3, 0.4) is 0 Å². The van der Waals surface area contributed by atoms with Crippen LogP contribution in [0.15, 0.2) is 12.1 Å². The number of likely N-dealkylation sites (N-methyl/N-ethyl adjacent to an activating group) is 1. The summed E-state index contributed by atoms with van der Waals surface area (Å²) in [5.74, 6) is -0.758. The number of anilines is 1. The molecule has 3 amide bonds. The zero-order chi connectivity index (χ0) is 16.8. The van der Waals surface area contributed by atoms with Crippen LogP contribution in [-0.2, 0) is 4.79 Å². The largest absolute Gasteiger partial charge is 0.494 e. The van der Waals surface area contributed by atoms with Crippen LogP contribution in [0, 0.1) is 5.82 Å². The summed E-state index contributed by atoms with van der Waals surface area (Å²) in [6.45, 7) is 0. The SMILES string of the molecule is COc1cc(OC)c(N2C(=O)N(C)C3(CCCC3)C2=O)cc1F. The monoisotopic (exact) mass is 322 g/mol. The third kappa shape index (κ3) is 2.06. The molecule has 0 N–H and O–H groups in total. The number of methoxy groups -OCH3 is 2. The van der Waals surface area contributed by atoms with E-state index in [1.807, 2.05) is 0 Å². The quantitative estimate of drug-likeness (QED) is 0.803. The van der Waals surface area contributed by atoms with Crippen LogP contribution in [0.25, 0.3) is 0 Å². The van der Waals surface area contributed by atoms with Crippen LogP contribution in [-0.4, -0.2) is 43.6 Å². The Kier molecular flexibility index (Phi) is 3.66. The molecule has 0 atom stereocenters. The number of halogens is 1. The number of ether oxygens (including phenoxy) is 2. The summed E-state index contributed by atoms with van der Waals surface area (Å²) in [5.41, 5.74) is -0.699. The lowest BCUT2D eigenvalue weighted by atomic mass is 9.96. The Morgan fingerprint density at radius 3 is 2.26 bits per heavy atom. The Bertz CT molecular complexity index is 670. The number of hydrogen-bond acceptors (Lipinski definition) is 4. The van der Waals surface area contributed by atoms with E-state index < -0.39 is 17.4 Å². The summed E-state index contributed by atoms with van der Waals surface area (Å²) in [4.78, 5) is 28.1. The summed E-state index contributed by atoms with van der Waals surface area (Å²) in [7, 11) is 4.36. The molecule has 3 rings (SSSR count). The fourth-order valence-electron chi connectivity index (χ4n) is 3.51. The standard InChI is InChI=1S/C16H19FN2O4/c1-18-15(21)19(14(20)16(18)6-4-5-7-16)11-8-10(17)12(22-2)9-13(11)23-3/h8-9H,4-7H2,1-3H3. The van der Waals surface area contributed by atoms with Gasteiger partial charge in [0.05, 0.1) is 19.9 Å². The van der Waals surface area contributed by atoms with Crippen molar-refractivity contribution in [2.24, 2.45) is 0 Å². The zero-order valence-electron chi connectivity index (χ0n) is 13.4. The van der Waals surface area contributed by atoms with E-state index in [2.05, 4.69) is 0 Å². The van der Waals surface area contributed by atoms with E-state index in [-0.39, 0.29) is 23.1 Å². The summed E-state index contributed by atoms with van der Waals surface area (Å²) in [6.07, 6.45) is 3.05. The molecule has 1 aromatic carbocycles. The van der Waals surface area contributed by atoms with E-state index in [9.17, 15) is 14.0 Å². The van der Waals surface area contributed by atoms with Crippen molar-refractivity contribution in [1.29, 1.82) is 0 Å². The van der Waals surface area contributed by atoms with E-state index in [1.165, 1.54) is 25.2 Å². The second-order valence-corrected chi connectivity index (χ2v) is 5.88. The fourth-order valence-corrected chi connectivity index (χ4v) is 3.51. The van der Waals surface area contributed by atoms with E-state index >= 15 is 0 Å². The van der Waals surface area contributed by atoms with E-state index in [0.29, 0.717) is 12.8 Å². The molecule has 0 bridgehead atoms. The summed E-state index contributed by atoms with van der Waals surface area (Å²) < 4.78 is 24.2. The minimum atomic E-state index is -0.807. The molecule has 0 unspecified atom stereocenters. The Hall–Kier alpha value is -2.31. The lowest BCUT2D eigenvalue weighted by Crippen LogP contribution is -2.45. The number of urea groups is 1. The third-order valence-corrected chi connectivity index (χ3v) is 4.85. The molecule has 23 heavy (non-hydrogen) atoms. The molecule has 1 heterocycles. The highest BCUT2D eigenvalue weighted by Crippen LogP contribution is 2.45. The van der Waals surface area contributed by atoms with Crippen LogP contribution >= 0.6 is 0 Å². The molecule has 124 valence electrons. The maximum atomic E-state index is 14.1. The molecule has 1 spiro atoms. The first-order valence-electron chi connectivity index (χ1n) is 7.50. The van der Waals surface area contributed by atoms with Crippen LogP contribution in [0.2, 0.25) is 0 Å². The van der Waals surface area contributed by atoms with Gasteiger partial charge in [-0.1, -0.05) is 12.8 Å². The van der Waals surface area contributed by atoms with Crippen molar-refractivity contribution in [3.63, 3.8) is 0 Å². The van der Waals surface area contributed by atoms with Gasteiger partial charge in [0.1, 0.15) is 11.3 Å². The van der Waals surface area contributed by atoms with Crippen LogP contribution in [0.1, 0.15) is 25.7 Å². The van der Waals surface area contributed by atoms with Gasteiger partial charge in [-0.25, -0.2) is 14.1 Å². The van der Waals surface area contributed by atoms with Crippen molar-refractivity contribution in [2.45, 2.75) is 31.2 Å². The van der Waals surface area contributed by atoms with Crippen molar-refractivity contribution in [2.75, 3.05) is 26.2 Å². The number of carbonyl (C=O) groups excluding carboxylic acids is 2. The zero-order valence-corrected chi connectivity index (χ0v) is 13.4. The van der Waals surface area contributed by atoms with Gasteiger partial charge in [0.15, 0.2) is 11.6 Å². The molecule has 0 aromatic heterocycles. The summed E-state index contributed by atoms with van der Waals surface area (Å²) >= 11 is 0. The van der Waals surface area contributed by atoms with Crippen molar-refractivity contribution in [3.8, 4) is 11.5 Å². The molecule has 1 saturated heterocycles. The maximum absolute atomic E-state index is 14.1. The third-order valence-electron chi connectivity index (χ3n) is 4.85. The van der Waals surface area contributed by atoms with Gasteiger partial charge in [0.2, 0.25) is 0 Å². The van der Waals surface area contributed by atoms with Gasteiger partial charge in [-0.15, -0.1) is 0 Å². The number of amides is 3. The lowest BCUT2D eigenvalue weighted by molar-refractivity contribution is -0.124. The van der Waals surface area contributed by atoms with Crippen molar-refractivity contribution in [1.82, 2.24) is 4.90 Å². The number of nitrogens with zero attached hydrogens (tertiary/aromatic N) is 2. The van der Waals surface area contributed by atoms with Gasteiger partial charge in [-0.2, -0.15) is 0 Å². The maximum Gasteiger partial charge on any atom is 0.332 e. The minimum Gasteiger partial charge on any atom is -0.494 e. The minimum absolute atomic E-state index is 0.00590. The normalized spacial score (nSPS) is 19.8. The van der Waals surface area contributed by atoms with Gasteiger partial charge >= 0.3 is 6.03 Å². The van der Waals surface area contributed by atoms with Crippen LogP contribution < -0.4 is 14.4 Å². The molecule has 2 aliphatic rings. The average molecular weight is 322 g/mol. The second-order valence-electron chi connectivity index (χ2n) is 5.88. The van der Waals surface area contributed by atoms with E-state index in [4.69, 9.17) is 9.47 Å². The smallest absolute Gasteiger partial charge is 0.332 e. The fraction of sp³-hybridized carbons (Fsp3) is 0.500. The van der Waals surface area contributed by atoms with Gasteiger partial charge in [0.25, 0.3) is 5.91 Å². The topological polar surface area (TPSA) is 59.1 Å². The Morgan fingerprint density at radius 1 is 1.09 bits per heavy atom. The first-order valence-corrected chi connectivity index (χ1v) is 7.50. The van der Waals surface area contributed by atoms with Crippen LogP contribution in [0.5, 0.6) is 11.5 Å². The van der Waals surface area contributed by atoms with Gasteiger partial charge < -0.3 is 14.4 Å². The first kappa shape index (κ1) is 15.6. The number of rotatable bonds is 3. The van der Waals surface area contributed by atoms with Crippen molar-refractivity contribution >= 4 is 17.6 Å². The number of benzene rings is 1. The summed E-state index contributed by atoms with van der Waals surface area (Å²) in [6, 6.07) is 1.99. The molecule has 0 radical (unpaired) electrons. The lowest BCUT2D eigenvalue weighted by Gasteiger charge is -2.27. The predicted molar refractivity (Wildman–Crippen MR) is 81.3 cm³/mol. The predicted octanol–water partition coefficient (Wildman–Crippen LogP) is 2.55. The molecule has 7 heteroatoms. The highest BCUT2D eigenvalue weighted by atomic mass is 19.1. The van der Waals surface area contributed by atoms with E-state index in [0.717, 1.165) is 23.8 Å². The molecular weight excluding hydrogens is 303 g/mol. The Morgan fingerprint density at radius 2 is 1.70 bits per heavy atom.